The van der Waals surface area contributed by atoms with Crippen LogP contribution in [0.1, 0.15) is 22.8 Å². The molecular formula is C23H18Cl3N3O5S. The van der Waals surface area contributed by atoms with Gasteiger partial charge in [-0.25, -0.2) is 18.2 Å². The van der Waals surface area contributed by atoms with Crippen LogP contribution in [0.3, 0.4) is 0 Å². The van der Waals surface area contributed by atoms with Crippen LogP contribution < -0.4 is 9.62 Å². The van der Waals surface area contributed by atoms with Gasteiger partial charge in [0.1, 0.15) is 4.90 Å². The molecule has 0 aliphatic carbocycles. The van der Waals surface area contributed by atoms with Gasteiger partial charge in [0.2, 0.25) is 0 Å². The maximum atomic E-state index is 13.4. The molecule has 1 aliphatic heterocycles. The number of halogens is 3. The molecule has 2 heterocycles. The Morgan fingerprint density at radius 2 is 1.83 bits per heavy atom. The standard InChI is InChI=1S/C23H18Cl3N3O5S/c1-13(22(30)28-21-18(26)11-16(24)12-27-21)34-23(31)15-6-7-17(25)20(10-15)35(32,33)29-9-8-14-4-2-3-5-19(14)29/h2-7,10-13H,8-9H2,1H3,(H,27,28,30)/t13-/m1/s1. The van der Waals surface area contributed by atoms with Gasteiger partial charge in [-0.3, -0.25) is 9.10 Å². The molecular weight excluding hydrogens is 537 g/mol. The van der Waals surface area contributed by atoms with Crippen molar-refractivity contribution < 1.29 is 22.7 Å². The Morgan fingerprint density at radius 3 is 2.57 bits per heavy atom. The molecule has 0 spiro atoms. The number of amides is 1. The van der Waals surface area contributed by atoms with Crippen LogP contribution in [0.25, 0.3) is 0 Å². The van der Waals surface area contributed by atoms with Crippen LogP contribution in [0.5, 0.6) is 0 Å². The summed E-state index contributed by atoms with van der Waals surface area (Å²) in [6.45, 7) is 1.61. The summed E-state index contributed by atoms with van der Waals surface area (Å²) in [5, 5.41) is 2.80. The summed E-state index contributed by atoms with van der Waals surface area (Å²) >= 11 is 18.0. The molecule has 1 aromatic heterocycles. The number of benzene rings is 2. The molecule has 3 aromatic rings. The Balaban J connectivity index is 1.52. The van der Waals surface area contributed by atoms with Gasteiger partial charge in [0.05, 0.1) is 26.3 Å². The lowest BCUT2D eigenvalue weighted by Gasteiger charge is -2.21. The predicted molar refractivity (Wildman–Crippen MR) is 134 cm³/mol. The van der Waals surface area contributed by atoms with Crippen LogP contribution in [-0.2, 0) is 26.0 Å². The highest BCUT2D eigenvalue weighted by atomic mass is 35.5. The van der Waals surface area contributed by atoms with Crippen LogP contribution in [0.15, 0.2) is 59.6 Å². The second-order valence-corrected chi connectivity index (χ2v) is 10.7. The van der Waals surface area contributed by atoms with E-state index in [-0.39, 0.29) is 32.9 Å². The van der Waals surface area contributed by atoms with Gasteiger partial charge in [0.25, 0.3) is 15.9 Å². The average molecular weight is 555 g/mol. The molecule has 0 unspecified atom stereocenters. The molecule has 2 aromatic carbocycles. The number of para-hydroxylation sites is 1. The van der Waals surface area contributed by atoms with E-state index in [1.165, 1.54) is 35.6 Å². The van der Waals surface area contributed by atoms with Crippen molar-refractivity contribution in [2.75, 3.05) is 16.2 Å². The summed E-state index contributed by atoms with van der Waals surface area (Å²) in [5.74, 6) is -1.54. The average Bonchev–Trinajstić information content (AvgIpc) is 3.26. The fraction of sp³-hybridized carbons (Fsp3) is 0.174. The summed E-state index contributed by atoms with van der Waals surface area (Å²) in [5.41, 5.74) is 1.39. The van der Waals surface area contributed by atoms with Crippen molar-refractivity contribution in [1.82, 2.24) is 4.98 Å². The molecule has 1 aliphatic rings. The fourth-order valence-corrected chi connectivity index (χ4v) is 5.95. The van der Waals surface area contributed by atoms with Gasteiger partial charge in [-0.05, 0) is 49.2 Å². The van der Waals surface area contributed by atoms with Crippen molar-refractivity contribution in [3.05, 3.63) is 80.9 Å². The lowest BCUT2D eigenvalue weighted by molar-refractivity contribution is -0.123. The molecule has 12 heteroatoms. The predicted octanol–water partition coefficient (Wildman–Crippen LogP) is 4.98. The third kappa shape index (κ3) is 5.23. The minimum Gasteiger partial charge on any atom is -0.449 e. The first kappa shape index (κ1) is 25.2. The molecule has 0 fully saturated rings. The number of esters is 1. The van der Waals surface area contributed by atoms with Crippen molar-refractivity contribution in [3.63, 3.8) is 0 Å². The van der Waals surface area contributed by atoms with E-state index in [1.807, 2.05) is 12.1 Å². The SMILES string of the molecule is C[C@@H](OC(=O)c1ccc(Cl)c(S(=O)(=O)N2CCc3ccccc32)c1)C(=O)Nc1ncc(Cl)cc1Cl. The van der Waals surface area contributed by atoms with E-state index >= 15 is 0 Å². The summed E-state index contributed by atoms with van der Waals surface area (Å²) in [7, 11) is -4.05. The number of anilines is 2. The highest BCUT2D eigenvalue weighted by Gasteiger charge is 2.33. The number of nitrogens with zero attached hydrogens (tertiary/aromatic N) is 2. The summed E-state index contributed by atoms with van der Waals surface area (Å²) in [6, 6.07) is 12.3. The van der Waals surface area contributed by atoms with Crippen molar-refractivity contribution >= 4 is 68.2 Å². The highest BCUT2D eigenvalue weighted by molar-refractivity contribution is 7.93. The van der Waals surface area contributed by atoms with E-state index in [2.05, 4.69) is 10.3 Å². The first-order chi connectivity index (χ1) is 16.6. The van der Waals surface area contributed by atoms with Crippen LogP contribution in [0.2, 0.25) is 15.1 Å². The molecule has 1 amide bonds. The lowest BCUT2D eigenvalue weighted by Crippen LogP contribution is -2.31. The van der Waals surface area contributed by atoms with E-state index in [1.54, 1.807) is 12.1 Å². The van der Waals surface area contributed by atoms with Gasteiger partial charge >= 0.3 is 5.97 Å². The zero-order valence-corrected chi connectivity index (χ0v) is 21.2. The van der Waals surface area contributed by atoms with Gasteiger partial charge in [-0.1, -0.05) is 53.0 Å². The molecule has 0 radical (unpaired) electrons. The number of pyridine rings is 1. The van der Waals surface area contributed by atoms with Crippen LogP contribution in [0, 0.1) is 0 Å². The zero-order chi connectivity index (χ0) is 25.3. The highest BCUT2D eigenvalue weighted by Crippen LogP contribution is 2.35. The summed E-state index contributed by atoms with van der Waals surface area (Å²) < 4.78 is 33.2. The van der Waals surface area contributed by atoms with E-state index in [4.69, 9.17) is 39.5 Å². The molecule has 0 saturated carbocycles. The van der Waals surface area contributed by atoms with E-state index in [0.717, 1.165) is 11.6 Å². The molecule has 8 nitrogen and oxygen atoms in total. The molecule has 1 atom stereocenters. The number of nitrogens with one attached hydrogen (secondary N) is 1. The van der Waals surface area contributed by atoms with Gasteiger partial charge in [-0.2, -0.15) is 0 Å². The molecule has 182 valence electrons. The largest absolute Gasteiger partial charge is 0.449 e. The second kappa shape index (κ2) is 10.0. The number of sulfonamides is 1. The van der Waals surface area contributed by atoms with Gasteiger partial charge in [-0.15, -0.1) is 0 Å². The van der Waals surface area contributed by atoms with E-state index < -0.39 is 28.0 Å². The number of ether oxygens (including phenoxy) is 1. The van der Waals surface area contributed by atoms with Crippen LogP contribution in [-0.4, -0.2) is 37.9 Å². The van der Waals surface area contributed by atoms with E-state index in [0.29, 0.717) is 17.1 Å². The summed E-state index contributed by atoms with van der Waals surface area (Å²) in [6.07, 6.45) is 0.624. The monoisotopic (exact) mass is 553 g/mol. The fourth-order valence-electron chi connectivity index (χ4n) is 3.51. The zero-order valence-electron chi connectivity index (χ0n) is 18.2. The smallest absolute Gasteiger partial charge is 0.338 e. The van der Waals surface area contributed by atoms with Gasteiger partial charge in [0.15, 0.2) is 11.9 Å². The third-order valence-electron chi connectivity index (χ3n) is 5.28. The third-order valence-corrected chi connectivity index (χ3v) is 8.07. The van der Waals surface area contributed by atoms with Gasteiger partial charge < -0.3 is 10.1 Å². The molecule has 35 heavy (non-hydrogen) atoms. The number of aromatic nitrogens is 1. The number of rotatable bonds is 6. The topological polar surface area (TPSA) is 106 Å². The van der Waals surface area contributed by atoms with Crippen molar-refractivity contribution in [2.45, 2.75) is 24.3 Å². The first-order valence-corrected chi connectivity index (χ1v) is 12.9. The van der Waals surface area contributed by atoms with Crippen molar-refractivity contribution in [1.29, 1.82) is 0 Å². The minimum atomic E-state index is -4.05. The molecule has 0 saturated heterocycles. The Hall–Kier alpha value is -2.85. The number of hydrogen-bond donors (Lipinski definition) is 1. The Labute approximate surface area is 216 Å². The number of hydrogen-bond acceptors (Lipinski definition) is 6. The molecule has 0 bridgehead atoms. The molecule has 1 N–H and O–H groups in total. The van der Waals surface area contributed by atoms with Crippen molar-refractivity contribution in [2.24, 2.45) is 0 Å². The van der Waals surface area contributed by atoms with Gasteiger partial charge in [0, 0.05) is 12.7 Å². The Kier molecular flexibility index (Phi) is 7.23. The number of fused-ring (bicyclic) bond motifs is 1. The second-order valence-electron chi connectivity index (χ2n) is 7.62. The minimum absolute atomic E-state index is 0.0415. The Bertz CT molecular complexity index is 1430. The molecule has 4 rings (SSSR count). The Morgan fingerprint density at radius 1 is 1.09 bits per heavy atom. The quantitative estimate of drug-likeness (QED) is 0.431. The number of carbonyl (C=O) groups is 2. The maximum absolute atomic E-state index is 13.4. The van der Waals surface area contributed by atoms with Crippen LogP contribution >= 0.6 is 34.8 Å². The van der Waals surface area contributed by atoms with Crippen LogP contribution in [0.4, 0.5) is 11.5 Å². The first-order valence-electron chi connectivity index (χ1n) is 10.3. The maximum Gasteiger partial charge on any atom is 0.338 e. The lowest BCUT2D eigenvalue weighted by atomic mass is 10.2. The van der Waals surface area contributed by atoms with Crippen molar-refractivity contribution in [3.8, 4) is 0 Å². The summed E-state index contributed by atoms with van der Waals surface area (Å²) in [4.78, 5) is 28.8. The van der Waals surface area contributed by atoms with E-state index in [9.17, 15) is 18.0 Å². The number of carbonyl (C=O) groups excluding carboxylic acids is 2. The normalized spacial score (nSPS) is 13.8.